The zero-order valence-electron chi connectivity index (χ0n) is 15.4. The van der Waals surface area contributed by atoms with Gasteiger partial charge >= 0.3 is 6.61 Å². The number of benzene rings is 1. The summed E-state index contributed by atoms with van der Waals surface area (Å²) in [6, 6.07) is 10.9. The van der Waals surface area contributed by atoms with Crippen molar-refractivity contribution in [3.63, 3.8) is 0 Å². The maximum atomic E-state index is 12.9. The van der Waals surface area contributed by atoms with E-state index in [0.717, 1.165) is 5.56 Å². The van der Waals surface area contributed by atoms with Gasteiger partial charge in [0.2, 0.25) is 5.88 Å². The number of hydrogen-bond donors (Lipinski definition) is 0. The Balaban J connectivity index is 1.64. The first-order valence-corrected chi connectivity index (χ1v) is 8.95. The molecule has 4 rings (SSSR count). The van der Waals surface area contributed by atoms with E-state index in [1.165, 1.54) is 12.4 Å². The van der Waals surface area contributed by atoms with Gasteiger partial charge in [0.1, 0.15) is 12.9 Å². The van der Waals surface area contributed by atoms with E-state index in [4.69, 9.17) is 9.47 Å². The van der Waals surface area contributed by atoms with Crippen LogP contribution in [0.3, 0.4) is 0 Å². The second-order valence-electron chi connectivity index (χ2n) is 6.85. The molecular weight excluding hydrogens is 384 g/mol. The van der Waals surface area contributed by atoms with E-state index >= 15 is 0 Å². The molecule has 150 valence electrons. The van der Waals surface area contributed by atoms with Crippen LogP contribution < -0.4 is 4.74 Å². The van der Waals surface area contributed by atoms with Crippen LogP contribution in [0, 0.1) is 22.0 Å². The summed E-state index contributed by atoms with van der Waals surface area (Å²) in [6.45, 7) is -1.08. The lowest BCUT2D eigenvalue weighted by Gasteiger charge is -2.17. The Morgan fingerprint density at radius 2 is 2.00 bits per heavy atom. The normalized spacial score (nSPS) is 22.9. The highest BCUT2D eigenvalue weighted by Crippen LogP contribution is 2.53. The molecule has 3 atom stereocenters. The van der Waals surface area contributed by atoms with Gasteiger partial charge in [0.15, 0.2) is 0 Å². The maximum absolute atomic E-state index is 12.9. The van der Waals surface area contributed by atoms with E-state index in [2.05, 4.69) is 9.97 Å². The molecule has 1 unspecified atom stereocenters. The smallest absolute Gasteiger partial charge is 0.345 e. The van der Waals surface area contributed by atoms with Gasteiger partial charge in [0.25, 0.3) is 5.70 Å². The summed E-state index contributed by atoms with van der Waals surface area (Å²) < 4.78 is 36.2. The highest BCUT2D eigenvalue weighted by molar-refractivity contribution is 5.75. The molecule has 9 heteroatoms. The first kappa shape index (κ1) is 19.1. The van der Waals surface area contributed by atoms with Crippen molar-refractivity contribution in [2.24, 2.45) is 11.8 Å². The third-order valence-electron chi connectivity index (χ3n) is 5.12. The molecule has 1 aromatic carbocycles. The SMILES string of the molecule is CC1=C[C@H]2C(c3cc(OCc4ccccc4)ncn3)=C([N+](=O)[O-])[C@@H]1C2OC(F)F. The second-order valence-corrected chi connectivity index (χ2v) is 6.85. The minimum Gasteiger partial charge on any atom is -0.473 e. The van der Waals surface area contributed by atoms with Gasteiger partial charge < -0.3 is 9.47 Å². The van der Waals surface area contributed by atoms with Crippen molar-refractivity contribution in [2.45, 2.75) is 26.2 Å². The number of halogens is 2. The predicted octanol–water partition coefficient (Wildman–Crippen LogP) is 3.86. The number of aromatic nitrogens is 2. The number of nitrogens with zero attached hydrogens (tertiary/aromatic N) is 3. The average Bonchev–Trinajstić information content (AvgIpc) is 3.17. The lowest BCUT2D eigenvalue weighted by Crippen LogP contribution is -2.26. The molecule has 7 nitrogen and oxygen atoms in total. The van der Waals surface area contributed by atoms with E-state index < -0.39 is 29.5 Å². The molecule has 1 aromatic heterocycles. The zero-order valence-corrected chi connectivity index (χ0v) is 15.4. The summed E-state index contributed by atoms with van der Waals surface area (Å²) in [6.07, 6.45) is 1.95. The van der Waals surface area contributed by atoms with Crippen molar-refractivity contribution in [3.05, 3.63) is 81.4 Å². The van der Waals surface area contributed by atoms with E-state index in [1.54, 1.807) is 13.0 Å². The number of fused-ring (bicyclic) bond motifs is 2. The molecule has 0 radical (unpaired) electrons. The van der Waals surface area contributed by atoms with Gasteiger partial charge in [-0.05, 0) is 12.5 Å². The summed E-state index contributed by atoms with van der Waals surface area (Å²) in [5, 5.41) is 11.8. The number of hydrogen-bond acceptors (Lipinski definition) is 6. The van der Waals surface area contributed by atoms with Crippen LogP contribution in [0.5, 0.6) is 5.88 Å². The van der Waals surface area contributed by atoms with Crippen LogP contribution in [-0.2, 0) is 11.3 Å². The fraction of sp³-hybridized carbons (Fsp3) is 0.300. The summed E-state index contributed by atoms with van der Waals surface area (Å²) in [5.41, 5.74) is 1.96. The molecule has 2 aromatic rings. The minimum absolute atomic E-state index is 0.159. The summed E-state index contributed by atoms with van der Waals surface area (Å²) in [5.74, 6) is -1.27. The van der Waals surface area contributed by atoms with Crippen LogP contribution in [0.1, 0.15) is 18.2 Å². The van der Waals surface area contributed by atoms with Gasteiger partial charge in [-0.2, -0.15) is 8.78 Å². The quantitative estimate of drug-likeness (QED) is 0.398. The largest absolute Gasteiger partial charge is 0.473 e. The molecule has 29 heavy (non-hydrogen) atoms. The van der Waals surface area contributed by atoms with Crippen LogP contribution in [0.15, 0.2) is 60.1 Å². The van der Waals surface area contributed by atoms with Crippen molar-refractivity contribution in [3.8, 4) is 5.88 Å². The fourth-order valence-corrected chi connectivity index (χ4v) is 4.00. The van der Waals surface area contributed by atoms with Crippen LogP contribution in [0.25, 0.3) is 5.57 Å². The van der Waals surface area contributed by atoms with Crippen molar-refractivity contribution in [1.82, 2.24) is 9.97 Å². The highest BCUT2D eigenvalue weighted by Gasteiger charge is 2.55. The van der Waals surface area contributed by atoms with Crippen molar-refractivity contribution < 1.29 is 23.2 Å². The van der Waals surface area contributed by atoms with Gasteiger partial charge in [-0.1, -0.05) is 42.0 Å². The third-order valence-corrected chi connectivity index (χ3v) is 5.12. The standard InChI is InChI=1S/C20H17F2N3O4/c1-11-7-13-17(18(25(26)27)16(11)19(13)29-20(21)22)14-8-15(24-10-23-14)28-9-12-5-3-2-4-6-12/h2-8,10,13,16,19-20H,9H2,1H3/t13-,16+,19?/m0/s1. The van der Waals surface area contributed by atoms with Crippen molar-refractivity contribution in [2.75, 3.05) is 0 Å². The van der Waals surface area contributed by atoms with E-state index in [9.17, 15) is 18.9 Å². The molecule has 0 N–H and O–H groups in total. The first-order valence-electron chi connectivity index (χ1n) is 8.95. The lowest BCUT2D eigenvalue weighted by molar-refractivity contribution is -0.432. The van der Waals surface area contributed by atoms with Gasteiger partial charge in [0, 0.05) is 12.0 Å². The monoisotopic (exact) mass is 401 g/mol. The molecule has 0 aliphatic heterocycles. The Bertz CT molecular complexity index is 994. The number of ether oxygens (including phenoxy) is 2. The minimum atomic E-state index is -3.02. The third kappa shape index (κ3) is 3.61. The number of rotatable bonds is 7. The van der Waals surface area contributed by atoms with Crippen molar-refractivity contribution >= 4 is 5.57 Å². The first-order chi connectivity index (χ1) is 14.0. The van der Waals surface area contributed by atoms with Crippen LogP contribution in [0.4, 0.5) is 8.78 Å². The summed E-state index contributed by atoms with van der Waals surface area (Å²) in [4.78, 5) is 19.4. The molecule has 0 fully saturated rings. The highest BCUT2D eigenvalue weighted by atomic mass is 19.3. The zero-order chi connectivity index (χ0) is 20.5. The number of alkyl halides is 2. The Morgan fingerprint density at radius 1 is 1.24 bits per heavy atom. The summed E-state index contributed by atoms with van der Waals surface area (Å²) >= 11 is 0. The number of nitro groups is 1. The van der Waals surface area contributed by atoms with Crippen LogP contribution >= 0.6 is 0 Å². The van der Waals surface area contributed by atoms with Crippen molar-refractivity contribution in [1.29, 1.82) is 0 Å². The Labute approximate surface area is 164 Å². The molecule has 2 bridgehead atoms. The second kappa shape index (κ2) is 7.67. The fourth-order valence-electron chi connectivity index (χ4n) is 4.00. The lowest BCUT2D eigenvalue weighted by atomic mass is 9.95. The molecule has 0 amide bonds. The van der Waals surface area contributed by atoms with Gasteiger partial charge in [0.05, 0.1) is 28.2 Å². The molecule has 0 saturated carbocycles. The Kier molecular flexibility index (Phi) is 5.06. The molecule has 2 aliphatic carbocycles. The molecular formula is C20H17F2N3O4. The maximum Gasteiger partial charge on any atom is 0.345 e. The van der Waals surface area contributed by atoms with Crippen LogP contribution in [0.2, 0.25) is 0 Å². The molecule has 0 spiro atoms. The summed E-state index contributed by atoms with van der Waals surface area (Å²) in [7, 11) is 0. The molecule has 0 saturated heterocycles. The predicted molar refractivity (Wildman–Crippen MR) is 98.3 cm³/mol. The van der Waals surface area contributed by atoms with Gasteiger partial charge in [-0.15, -0.1) is 0 Å². The average molecular weight is 401 g/mol. The molecule has 1 heterocycles. The Hall–Kier alpha value is -3.20. The van der Waals surface area contributed by atoms with Gasteiger partial charge in [-0.3, -0.25) is 10.1 Å². The topological polar surface area (TPSA) is 87.4 Å². The van der Waals surface area contributed by atoms with E-state index in [1.807, 2.05) is 30.3 Å². The van der Waals surface area contributed by atoms with E-state index in [-0.39, 0.29) is 29.5 Å². The van der Waals surface area contributed by atoms with Gasteiger partial charge in [-0.25, -0.2) is 9.97 Å². The molecule has 2 aliphatic rings. The van der Waals surface area contributed by atoms with E-state index in [0.29, 0.717) is 5.57 Å². The Morgan fingerprint density at radius 3 is 2.69 bits per heavy atom. The van der Waals surface area contributed by atoms with Crippen LogP contribution in [-0.4, -0.2) is 27.6 Å².